The highest BCUT2D eigenvalue weighted by Crippen LogP contribution is 2.34. The van der Waals surface area contributed by atoms with Crippen molar-refractivity contribution in [1.82, 2.24) is 14.8 Å². The molecule has 0 spiro atoms. The molecular weight excluding hydrogens is 442 g/mol. The number of benzene rings is 3. The van der Waals surface area contributed by atoms with Gasteiger partial charge in [-0.05, 0) is 50.2 Å². The van der Waals surface area contributed by atoms with Crippen LogP contribution in [0.1, 0.15) is 19.7 Å². The zero-order valence-corrected chi connectivity index (χ0v) is 19.5. The van der Waals surface area contributed by atoms with Crippen LogP contribution in [-0.4, -0.2) is 44.3 Å². The summed E-state index contributed by atoms with van der Waals surface area (Å²) in [6.07, 6.45) is -0.0131. The third kappa shape index (κ3) is 4.14. The lowest BCUT2D eigenvalue weighted by atomic mass is 10.2. The summed E-state index contributed by atoms with van der Waals surface area (Å²) in [4.78, 5) is 30.2. The Balaban J connectivity index is 1.56. The Bertz CT molecular complexity index is 1400. The maximum Gasteiger partial charge on any atom is 0.247 e. The lowest BCUT2D eigenvalue weighted by Gasteiger charge is -2.30. The Labute approximate surface area is 203 Å². The largest absolute Gasteiger partial charge is 0.508 e. The highest BCUT2D eigenvalue weighted by atomic mass is 16.3. The first-order valence-electron chi connectivity index (χ1n) is 11.4. The van der Waals surface area contributed by atoms with Crippen LogP contribution >= 0.6 is 0 Å². The number of rotatable bonds is 5. The summed E-state index contributed by atoms with van der Waals surface area (Å²) < 4.78 is 1.82. The number of phenols is 1. The van der Waals surface area contributed by atoms with Gasteiger partial charge < -0.3 is 14.9 Å². The number of carbonyl (C=O) groups is 2. The number of phenolic OH excluding ortho intramolecular Hbond substituents is 1. The fourth-order valence-corrected chi connectivity index (χ4v) is 4.47. The van der Waals surface area contributed by atoms with Crippen molar-refractivity contribution in [2.45, 2.75) is 26.3 Å². The molecule has 8 nitrogen and oxygen atoms in total. The van der Waals surface area contributed by atoms with E-state index in [0.29, 0.717) is 28.6 Å². The van der Waals surface area contributed by atoms with E-state index < -0.39 is 0 Å². The van der Waals surface area contributed by atoms with E-state index in [1.165, 1.54) is 4.90 Å². The molecule has 35 heavy (non-hydrogen) atoms. The van der Waals surface area contributed by atoms with Gasteiger partial charge in [-0.3, -0.25) is 14.2 Å². The number of hydrogen-bond acceptors (Lipinski definition) is 5. The summed E-state index contributed by atoms with van der Waals surface area (Å²) in [5.74, 6) is 0.674. The van der Waals surface area contributed by atoms with Crippen LogP contribution in [0, 0.1) is 0 Å². The van der Waals surface area contributed by atoms with Crippen LogP contribution in [0.4, 0.5) is 11.4 Å². The van der Waals surface area contributed by atoms with Gasteiger partial charge >= 0.3 is 0 Å². The quantitative estimate of drug-likeness (QED) is 0.480. The average Bonchev–Trinajstić information content (AvgIpc) is 3.22. The highest BCUT2D eigenvalue weighted by molar-refractivity contribution is 6.06. The summed E-state index contributed by atoms with van der Waals surface area (Å²) >= 11 is 0. The van der Waals surface area contributed by atoms with Gasteiger partial charge in [0.25, 0.3) is 0 Å². The smallest absolute Gasteiger partial charge is 0.247 e. The van der Waals surface area contributed by atoms with Crippen molar-refractivity contribution >= 4 is 23.2 Å². The van der Waals surface area contributed by atoms with Crippen molar-refractivity contribution in [2.75, 3.05) is 16.3 Å². The molecule has 4 aromatic rings. The molecule has 0 fully saturated rings. The molecule has 0 atom stereocenters. The van der Waals surface area contributed by atoms with Crippen LogP contribution in [0.3, 0.4) is 0 Å². The fraction of sp³-hybridized carbons (Fsp3) is 0.185. The van der Waals surface area contributed by atoms with E-state index in [9.17, 15) is 14.7 Å². The zero-order valence-electron chi connectivity index (χ0n) is 19.5. The Kier molecular flexibility index (Phi) is 5.78. The van der Waals surface area contributed by atoms with Gasteiger partial charge in [0.05, 0.1) is 17.8 Å². The Hall–Kier alpha value is -4.46. The molecule has 0 saturated carbocycles. The molecular formula is C27H25N5O3. The molecule has 0 unspecified atom stereocenters. The van der Waals surface area contributed by atoms with Crippen LogP contribution in [0.25, 0.3) is 17.1 Å². The van der Waals surface area contributed by atoms with Gasteiger partial charge in [-0.25, -0.2) is 0 Å². The van der Waals surface area contributed by atoms with Crippen molar-refractivity contribution in [2.24, 2.45) is 0 Å². The molecule has 0 bridgehead atoms. The predicted octanol–water partition coefficient (Wildman–Crippen LogP) is 3.97. The molecule has 1 aliphatic rings. The zero-order chi connectivity index (χ0) is 24.5. The first-order chi connectivity index (χ1) is 16.9. The van der Waals surface area contributed by atoms with Crippen LogP contribution in [0.2, 0.25) is 0 Å². The summed E-state index contributed by atoms with van der Waals surface area (Å²) in [5.41, 5.74) is 2.75. The minimum absolute atomic E-state index is 0.0131. The number of para-hydroxylation sites is 3. The predicted molar refractivity (Wildman–Crippen MR) is 134 cm³/mol. The molecule has 2 heterocycles. The van der Waals surface area contributed by atoms with Crippen molar-refractivity contribution in [1.29, 1.82) is 0 Å². The van der Waals surface area contributed by atoms with E-state index in [4.69, 9.17) is 0 Å². The van der Waals surface area contributed by atoms with Crippen molar-refractivity contribution in [3.05, 3.63) is 84.7 Å². The molecule has 5 rings (SSSR count). The van der Waals surface area contributed by atoms with Gasteiger partial charge in [0.2, 0.25) is 11.8 Å². The number of nitrogens with zero attached hydrogens (tertiary/aromatic N) is 5. The lowest BCUT2D eigenvalue weighted by Crippen LogP contribution is -2.46. The molecule has 0 aliphatic carbocycles. The fourth-order valence-electron chi connectivity index (χ4n) is 4.47. The second kappa shape index (κ2) is 9.06. The molecule has 2 amide bonds. The minimum Gasteiger partial charge on any atom is -0.508 e. The number of carbonyl (C=O) groups excluding carboxylic acids is 2. The van der Waals surface area contributed by atoms with Crippen molar-refractivity contribution in [3.8, 4) is 22.8 Å². The van der Waals surface area contributed by atoms with Crippen LogP contribution in [0.15, 0.2) is 78.9 Å². The third-order valence-corrected chi connectivity index (χ3v) is 5.97. The summed E-state index contributed by atoms with van der Waals surface area (Å²) in [6, 6.07) is 23.5. The van der Waals surface area contributed by atoms with Gasteiger partial charge in [-0.2, -0.15) is 0 Å². The van der Waals surface area contributed by atoms with E-state index >= 15 is 0 Å². The first kappa shape index (κ1) is 22.3. The first-order valence-corrected chi connectivity index (χ1v) is 11.4. The monoisotopic (exact) mass is 467 g/mol. The molecule has 0 saturated heterocycles. The molecule has 176 valence electrons. The highest BCUT2D eigenvalue weighted by Gasteiger charge is 2.32. The summed E-state index contributed by atoms with van der Waals surface area (Å²) in [5, 5.41) is 18.6. The molecule has 1 N–H and O–H groups in total. The molecule has 1 aromatic heterocycles. The van der Waals surface area contributed by atoms with Gasteiger partial charge in [-0.15, -0.1) is 10.2 Å². The van der Waals surface area contributed by atoms with E-state index in [1.807, 2.05) is 79.1 Å². The van der Waals surface area contributed by atoms with Gasteiger partial charge in [0.1, 0.15) is 18.1 Å². The SMILES string of the molecule is CC(C)N(C(=O)CN1C(=O)Cc2nnc(-c3cccc(O)c3)n2-c2ccccc21)c1ccccc1. The Morgan fingerprint density at radius 2 is 1.69 bits per heavy atom. The number of anilines is 2. The second-order valence-electron chi connectivity index (χ2n) is 8.66. The molecule has 3 aromatic carbocycles. The van der Waals surface area contributed by atoms with Gasteiger partial charge in [-0.1, -0.05) is 42.5 Å². The minimum atomic E-state index is -0.240. The van der Waals surface area contributed by atoms with E-state index in [-0.39, 0.29) is 36.6 Å². The lowest BCUT2D eigenvalue weighted by molar-refractivity contribution is -0.122. The molecule has 0 radical (unpaired) electrons. The molecule has 1 aliphatic heterocycles. The number of aromatic nitrogens is 3. The Morgan fingerprint density at radius 1 is 0.971 bits per heavy atom. The topological polar surface area (TPSA) is 91.6 Å². The number of aromatic hydroxyl groups is 1. The second-order valence-corrected chi connectivity index (χ2v) is 8.66. The average molecular weight is 468 g/mol. The number of hydrogen-bond donors (Lipinski definition) is 1. The van der Waals surface area contributed by atoms with Crippen LogP contribution < -0.4 is 9.80 Å². The number of amides is 2. The van der Waals surface area contributed by atoms with E-state index in [2.05, 4.69) is 10.2 Å². The van der Waals surface area contributed by atoms with E-state index in [1.54, 1.807) is 23.1 Å². The molecule has 8 heteroatoms. The summed E-state index contributed by atoms with van der Waals surface area (Å²) in [7, 11) is 0. The maximum absolute atomic E-state index is 13.5. The van der Waals surface area contributed by atoms with E-state index in [0.717, 1.165) is 5.69 Å². The summed E-state index contributed by atoms with van der Waals surface area (Å²) in [6.45, 7) is 3.79. The normalized spacial score (nSPS) is 12.8. The van der Waals surface area contributed by atoms with Gasteiger partial charge in [0, 0.05) is 17.3 Å². The maximum atomic E-state index is 13.5. The van der Waals surface area contributed by atoms with Crippen LogP contribution in [0.5, 0.6) is 5.75 Å². The van der Waals surface area contributed by atoms with Gasteiger partial charge in [0.15, 0.2) is 5.82 Å². The standard InChI is InChI=1S/C27H25N5O3/c1-18(2)31(20-10-4-3-5-11-20)26(35)17-30-22-13-6-7-14-23(22)32-24(16-25(30)34)28-29-27(32)19-9-8-12-21(33)15-19/h3-15,18,33H,16-17H2,1-2H3. The third-order valence-electron chi connectivity index (χ3n) is 5.97. The van der Waals surface area contributed by atoms with Crippen molar-refractivity contribution in [3.63, 3.8) is 0 Å². The number of fused-ring (bicyclic) bond motifs is 3. The Morgan fingerprint density at radius 3 is 2.40 bits per heavy atom. The van der Waals surface area contributed by atoms with Crippen molar-refractivity contribution < 1.29 is 14.7 Å². The van der Waals surface area contributed by atoms with Crippen LogP contribution in [-0.2, 0) is 16.0 Å².